The summed E-state index contributed by atoms with van der Waals surface area (Å²) >= 11 is 0. The van der Waals surface area contributed by atoms with E-state index in [-0.39, 0.29) is 11.5 Å². The Morgan fingerprint density at radius 3 is 0.978 bits per heavy atom. The van der Waals surface area contributed by atoms with Gasteiger partial charge in [-0.25, -0.2) is 0 Å². The first-order valence-corrected chi connectivity index (χ1v) is 16.7. The fraction of sp³-hybridized carbons (Fsp3) is 0.179. The van der Waals surface area contributed by atoms with Gasteiger partial charge in [-0.15, -0.1) is 0 Å². The molecule has 5 aromatic carbocycles. The molecule has 0 aromatic heterocycles. The molecule has 0 unspecified atom stereocenters. The third-order valence-corrected chi connectivity index (χ3v) is 8.52. The number of hydrogen-bond acceptors (Lipinski definition) is 6. The topological polar surface area (TPSA) is 85.2 Å². The van der Waals surface area contributed by atoms with Crippen LogP contribution in [0.5, 0.6) is 28.7 Å². The van der Waals surface area contributed by atoms with Crippen LogP contribution in [0.1, 0.15) is 54.5 Å². The van der Waals surface area contributed by atoms with E-state index in [1.165, 1.54) is 11.1 Å². The number of phenolic OH excluding ortho intramolecular Hbond substituents is 2. The van der Waals surface area contributed by atoms with Crippen LogP contribution in [-0.4, -0.2) is 10.2 Å². The van der Waals surface area contributed by atoms with Crippen molar-refractivity contribution in [2.45, 2.75) is 47.5 Å². The lowest BCUT2D eigenvalue weighted by atomic mass is 9.91. The van der Waals surface area contributed by atoms with E-state index in [4.69, 9.17) is 13.6 Å². The van der Waals surface area contributed by atoms with Gasteiger partial charge in [0.1, 0.15) is 28.7 Å². The van der Waals surface area contributed by atoms with E-state index in [2.05, 4.69) is 13.8 Å². The normalized spacial score (nSPS) is 11.5. The van der Waals surface area contributed by atoms with Crippen LogP contribution in [0.4, 0.5) is 0 Å². The molecule has 46 heavy (non-hydrogen) atoms. The molecule has 6 nitrogen and oxygen atoms in total. The zero-order valence-corrected chi connectivity index (χ0v) is 27.8. The molecule has 0 aliphatic rings. The molecule has 0 fully saturated rings. The van der Waals surface area contributed by atoms with Crippen molar-refractivity contribution in [3.8, 4) is 28.7 Å². The molecule has 0 spiro atoms. The van der Waals surface area contributed by atoms with Crippen molar-refractivity contribution in [3.63, 3.8) is 0 Å². The van der Waals surface area contributed by atoms with Crippen molar-refractivity contribution in [2.24, 2.45) is 0 Å². The van der Waals surface area contributed by atoms with Crippen molar-refractivity contribution in [3.05, 3.63) is 149 Å². The maximum Gasteiger partial charge on any atom is 0.647 e. The third kappa shape index (κ3) is 9.79. The Hall–Kier alpha value is -4.93. The van der Waals surface area contributed by atoms with E-state index in [1.54, 1.807) is 60.7 Å². The zero-order valence-electron chi connectivity index (χ0n) is 26.9. The molecule has 5 rings (SSSR count). The lowest BCUT2D eigenvalue weighted by Gasteiger charge is -2.19. The number of hydrogen-bond donors (Lipinski definition) is 2. The van der Waals surface area contributed by atoms with Gasteiger partial charge in [0, 0.05) is 0 Å². The van der Waals surface area contributed by atoms with E-state index in [0.717, 1.165) is 40.7 Å². The smallest absolute Gasteiger partial charge is 0.508 e. The Morgan fingerprint density at radius 2 is 0.739 bits per heavy atom. The minimum Gasteiger partial charge on any atom is -0.508 e. The van der Waals surface area contributed by atoms with Crippen LogP contribution in [-0.2, 0) is 4.57 Å². The van der Waals surface area contributed by atoms with Crippen molar-refractivity contribution >= 4 is 19.0 Å². The lowest BCUT2D eigenvalue weighted by molar-refractivity contribution is 0.298. The largest absolute Gasteiger partial charge is 0.647 e. The molecule has 0 radical (unpaired) electrons. The summed E-state index contributed by atoms with van der Waals surface area (Å²) in [7, 11) is -3.93. The minimum absolute atomic E-state index is 0.284. The molecular weight excluding hydrogens is 595 g/mol. The highest BCUT2D eigenvalue weighted by Gasteiger charge is 2.33. The monoisotopic (exact) mass is 636 g/mol. The van der Waals surface area contributed by atoms with E-state index < -0.39 is 7.82 Å². The highest BCUT2D eigenvalue weighted by atomic mass is 31.2. The summed E-state index contributed by atoms with van der Waals surface area (Å²) in [4.78, 5) is 0. The Kier molecular flexibility index (Phi) is 11.7. The molecule has 0 aliphatic carbocycles. The second-order valence-corrected chi connectivity index (χ2v) is 12.4. The minimum atomic E-state index is -3.93. The summed E-state index contributed by atoms with van der Waals surface area (Å²) in [5, 5.41) is 18.8. The molecule has 0 heterocycles. The Balaban J connectivity index is 0.000000216. The van der Waals surface area contributed by atoms with Crippen molar-refractivity contribution in [1.29, 1.82) is 0 Å². The molecule has 0 saturated carbocycles. The van der Waals surface area contributed by atoms with Crippen LogP contribution in [0, 0.1) is 20.8 Å². The number of rotatable bonds is 10. The standard InChI is InChI=1S/C21H21O4P.C18H20O2/c1-16-4-10-19(11-5-16)23-26(22,24-20-12-6-17(2)7-13-20)25-21-14-8-18(3)9-15-21;1-3-17(13-5-9-15(19)10-6-13)18(4-2)14-7-11-16(20)12-8-14/h4-15H,1-3H3;5-12,19-20H,3-4H2,1-2H3/b;18-17+. The molecule has 0 amide bonds. The summed E-state index contributed by atoms with van der Waals surface area (Å²) in [6, 6.07) is 36.3. The number of benzene rings is 5. The second kappa shape index (κ2) is 15.9. The van der Waals surface area contributed by atoms with E-state index in [9.17, 15) is 14.8 Å². The Labute approximate surface area is 272 Å². The number of aromatic hydroxyl groups is 2. The van der Waals surface area contributed by atoms with E-state index in [1.807, 2.05) is 81.4 Å². The van der Waals surface area contributed by atoms with Gasteiger partial charge in [0.25, 0.3) is 0 Å². The van der Waals surface area contributed by atoms with Gasteiger partial charge in [0.15, 0.2) is 0 Å². The molecule has 0 saturated heterocycles. The number of allylic oxidation sites excluding steroid dienone is 2. The van der Waals surface area contributed by atoms with Gasteiger partial charge in [0.2, 0.25) is 0 Å². The van der Waals surface area contributed by atoms with Gasteiger partial charge in [-0.1, -0.05) is 91.2 Å². The number of phosphoric ester groups is 1. The van der Waals surface area contributed by atoms with Crippen LogP contribution in [0.3, 0.4) is 0 Å². The molecular formula is C39H41O6P. The summed E-state index contributed by atoms with van der Waals surface area (Å²) in [6.45, 7) is 10.2. The maximum absolute atomic E-state index is 13.3. The summed E-state index contributed by atoms with van der Waals surface area (Å²) < 4.78 is 30.2. The van der Waals surface area contributed by atoms with Gasteiger partial charge in [-0.2, -0.15) is 4.57 Å². The average Bonchev–Trinajstić information content (AvgIpc) is 3.05. The van der Waals surface area contributed by atoms with Gasteiger partial charge in [-0.05, 0) is 117 Å². The lowest BCUT2D eigenvalue weighted by Crippen LogP contribution is -2.07. The van der Waals surface area contributed by atoms with Crippen molar-refractivity contribution in [2.75, 3.05) is 0 Å². The van der Waals surface area contributed by atoms with Crippen molar-refractivity contribution in [1.82, 2.24) is 0 Å². The zero-order chi connectivity index (χ0) is 33.1. The van der Waals surface area contributed by atoms with E-state index in [0.29, 0.717) is 17.2 Å². The fourth-order valence-corrected chi connectivity index (χ4v) is 6.00. The molecule has 238 valence electrons. The molecule has 0 aliphatic heterocycles. The molecule has 0 bridgehead atoms. The highest BCUT2D eigenvalue weighted by molar-refractivity contribution is 7.49. The van der Waals surface area contributed by atoms with Crippen LogP contribution in [0.25, 0.3) is 11.1 Å². The first-order chi connectivity index (χ1) is 22.1. The van der Waals surface area contributed by atoms with Gasteiger partial charge >= 0.3 is 7.82 Å². The first kappa shape index (κ1) is 34.0. The predicted molar refractivity (Wildman–Crippen MR) is 187 cm³/mol. The Bertz CT molecular complexity index is 1580. The van der Waals surface area contributed by atoms with Crippen LogP contribution < -0.4 is 13.6 Å². The average molecular weight is 637 g/mol. The van der Waals surface area contributed by atoms with Crippen molar-refractivity contribution < 1.29 is 28.3 Å². The molecule has 7 heteroatoms. The van der Waals surface area contributed by atoms with Gasteiger partial charge < -0.3 is 23.8 Å². The summed E-state index contributed by atoms with van der Waals surface area (Å²) in [5.74, 6) is 1.81. The van der Waals surface area contributed by atoms with Crippen LogP contribution in [0.15, 0.2) is 121 Å². The molecule has 0 atom stereocenters. The highest BCUT2D eigenvalue weighted by Crippen LogP contribution is 2.49. The SMILES string of the molecule is CC/C(=C(/CC)c1ccc(O)cc1)c1ccc(O)cc1.Cc1ccc(OP(=O)(Oc2ccc(C)cc2)Oc2ccc(C)cc2)cc1. The maximum atomic E-state index is 13.3. The third-order valence-electron chi connectivity index (χ3n) is 7.22. The first-order valence-electron chi connectivity index (χ1n) is 15.3. The predicted octanol–water partition coefficient (Wildman–Crippen LogP) is 11.1. The summed E-state index contributed by atoms with van der Waals surface area (Å²) in [6.07, 6.45) is 1.85. The number of phenols is 2. The van der Waals surface area contributed by atoms with Gasteiger partial charge in [-0.3, -0.25) is 0 Å². The number of aryl methyl sites for hydroxylation is 3. The number of phosphoric acid groups is 1. The second-order valence-electron chi connectivity index (χ2n) is 10.9. The van der Waals surface area contributed by atoms with Gasteiger partial charge in [0.05, 0.1) is 0 Å². The quantitative estimate of drug-likeness (QED) is 0.117. The van der Waals surface area contributed by atoms with Crippen LogP contribution in [0.2, 0.25) is 0 Å². The Morgan fingerprint density at radius 1 is 0.478 bits per heavy atom. The van der Waals surface area contributed by atoms with E-state index >= 15 is 0 Å². The molecule has 5 aromatic rings. The molecule has 2 N–H and O–H groups in total. The fourth-order valence-electron chi connectivity index (χ4n) is 4.75. The van der Waals surface area contributed by atoms with Crippen LogP contribution >= 0.6 is 7.82 Å². The summed E-state index contributed by atoms with van der Waals surface area (Å²) in [5.41, 5.74) is 8.05.